The van der Waals surface area contributed by atoms with E-state index in [4.69, 9.17) is 24.3 Å². The molecule has 16 heteroatoms. The van der Waals surface area contributed by atoms with Crippen LogP contribution in [0.4, 0.5) is 0 Å². The molecule has 1 aliphatic rings. The maximum absolute atomic E-state index is 6.44. The van der Waals surface area contributed by atoms with Gasteiger partial charge in [-0.3, -0.25) is 29.9 Å². The zero-order valence-corrected chi connectivity index (χ0v) is 57.8. The number of benzene rings is 6. The predicted molar refractivity (Wildman–Crippen MR) is 417 cm³/mol. The number of fused-ring (bicyclic) bond motifs is 12. The number of pyridine rings is 10. The van der Waals surface area contributed by atoms with E-state index in [0.717, 1.165) is 133 Å². The molecule has 0 aliphatic carbocycles. The lowest BCUT2D eigenvalue weighted by atomic mass is 9.76. The van der Waals surface area contributed by atoms with Gasteiger partial charge in [-0.25, -0.2) is 19.9 Å². The molecular weight excluding hydrogens is 1340 g/mol. The van der Waals surface area contributed by atoms with Gasteiger partial charge in [0.25, 0.3) is 0 Å². The summed E-state index contributed by atoms with van der Waals surface area (Å²) in [7, 11) is -0.406. The van der Waals surface area contributed by atoms with E-state index in [9.17, 15) is 0 Å². The number of hydrogen-bond acceptors (Lipinski definition) is 14. The zero-order chi connectivity index (χ0) is 67.5. The third-order valence-corrected chi connectivity index (χ3v) is 21.4. The summed E-state index contributed by atoms with van der Waals surface area (Å²) in [5.41, 5.74) is 16.9. The fourth-order valence-electron chi connectivity index (χ4n) is 12.9. The fraction of sp³-hybridized carbons (Fsp3) is 0.0714. The van der Waals surface area contributed by atoms with Gasteiger partial charge in [-0.15, -0.1) is 22.7 Å². The smallest absolute Gasteiger partial charge is 0.399 e. The molecule has 0 unspecified atom stereocenters. The minimum absolute atomic E-state index is 0. The van der Waals surface area contributed by atoms with Crippen LogP contribution in [0.5, 0.6) is 0 Å². The number of aromatic nitrogens is 10. The Kier molecular flexibility index (Phi) is 16.1. The second-order valence-corrected chi connectivity index (χ2v) is 28.6. The fourth-order valence-corrected chi connectivity index (χ4v) is 15.6. The first-order valence-electron chi connectivity index (χ1n) is 32.8. The van der Waals surface area contributed by atoms with Crippen LogP contribution in [-0.2, 0) is 9.31 Å². The molecule has 12 nitrogen and oxygen atoms in total. The third-order valence-electron chi connectivity index (χ3n) is 18.6. The van der Waals surface area contributed by atoms with Gasteiger partial charge in [-0.05, 0) is 178 Å². The van der Waals surface area contributed by atoms with Crippen LogP contribution in [0.2, 0.25) is 0 Å². The molecule has 13 heterocycles. The van der Waals surface area contributed by atoms with E-state index in [1.54, 1.807) is 36.1 Å². The molecule has 0 N–H and O–H groups in total. The number of nitrogens with zero attached hydrogens (tertiary/aromatic N) is 10. The molecule has 0 atom stereocenters. The molecule has 480 valence electrons. The van der Waals surface area contributed by atoms with E-state index >= 15 is 0 Å². The maximum Gasteiger partial charge on any atom is 0.495 e. The topological polar surface area (TPSA) is 147 Å². The molecule has 0 spiro atoms. The van der Waals surface area contributed by atoms with Crippen molar-refractivity contribution >= 4 is 135 Å². The lowest BCUT2D eigenvalue weighted by Gasteiger charge is -2.32. The average molecular weight is 1400 g/mol. The van der Waals surface area contributed by atoms with Crippen LogP contribution in [0.25, 0.3) is 163 Å². The highest BCUT2D eigenvalue weighted by Gasteiger charge is 2.52. The van der Waals surface area contributed by atoms with Gasteiger partial charge in [0, 0.05) is 116 Å². The summed E-state index contributed by atoms with van der Waals surface area (Å²) < 4.78 is 18.8. The zero-order valence-electron chi connectivity index (χ0n) is 54.6. The second-order valence-electron chi connectivity index (χ2n) is 25.5. The Morgan fingerprint density at radius 1 is 0.320 bits per heavy atom. The molecule has 0 saturated carbocycles. The molecule has 1 saturated heterocycles. The van der Waals surface area contributed by atoms with E-state index in [1.807, 2.05) is 121 Å². The lowest BCUT2D eigenvalue weighted by molar-refractivity contribution is 0.00578. The van der Waals surface area contributed by atoms with Crippen molar-refractivity contribution in [2.75, 3.05) is 0 Å². The molecule has 19 rings (SSSR count). The molecule has 6 aromatic carbocycles. The summed E-state index contributed by atoms with van der Waals surface area (Å²) in [6.45, 7) is 8.39. The van der Waals surface area contributed by atoms with Gasteiger partial charge in [0.05, 0.1) is 90.2 Å². The summed E-state index contributed by atoms with van der Waals surface area (Å²) in [5.74, 6) is 0. The summed E-state index contributed by atoms with van der Waals surface area (Å²) >= 11 is 7.12. The molecule has 12 aromatic heterocycles. The highest BCUT2D eigenvalue weighted by Crippen LogP contribution is 2.44. The number of rotatable bonds is 8. The van der Waals surface area contributed by atoms with E-state index in [0.29, 0.717) is 0 Å². The first-order valence-corrected chi connectivity index (χ1v) is 35.3. The molecule has 18 aromatic rings. The van der Waals surface area contributed by atoms with Crippen LogP contribution < -0.4 is 5.46 Å². The first-order chi connectivity index (χ1) is 48.9. The minimum atomic E-state index is -0.406. The summed E-state index contributed by atoms with van der Waals surface area (Å²) in [5, 5.41) is 9.19. The molecule has 0 amide bonds. The second kappa shape index (κ2) is 25.9. The van der Waals surface area contributed by atoms with Crippen LogP contribution in [0, 0.1) is 0 Å². The standard InChI is InChI=1S/C39H23N5S.C30H25BN2O2S.C15H10BrN3.H2/c1-3-18-40-31(9-1)33-22-27(23-34(43-33)32-10-2-4-19-41-32)28-8-5-11-36-37(28)29-21-26(15-17-35(29)45-36)30-16-14-25-13-12-24-7-6-20-42-38(24)39(25)44-30;1-29(2)30(3,4)35-31(34-29)22-8-5-9-25-26(22)21-17-20(13-15-24(21)36-25)23-14-12-19-11-10-18-7-6-16-32-27(18)28(19)33-23;16-11-9-14(12-5-1-3-7-17-12)19-15(10-11)13-6-2-4-8-18-13;/h1-23H;5-17H,1-4H3;1-10H;1H/i;;;1+1. The Labute approximate surface area is 594 Å². The Balaban J connectivity index is 0.000000126. The van der Waals surface area contributed by atoms with Crippen molar-refractivity contribution in [3.8, 4) is 79.2 Å². The Hall–Kier alpha value is -11.2. The van der Waals surface area contributed by atoms with Crippen molar-refractivity contribution in [1.29, 1.82) is 0 Å². The van der Waals surface area contributed by atoms with Gasteiger partial charge < -0.3 is 9.31 Å². The molecule has 0 bridgehead atoms. The van der Waals surface area contributed by atoms with Gasteiger partial charge in [0.1, 0.15) is 0 Å². The summed E-state index contributed by atoms with van der Waals surface area (Å²) in [4.78, 5) is 47.0. The molecule has 1 fully saturated rings. The quantitative estimate of drug-likeness (QED) is 0.105. The Bertz CT molecular complexity index is 6040. The van der Waals surface area contributed by atoms with Crippen molar-refractivity contribution in [2.24, 2.45) is 0 Å². The maximum atomic E-state index is 6.44. The van der Waals surface area contributed by atoms with Gasteiger partial charge >= 0.3 is 7.12 Å². The minimum Gasteiger partial charge on any atom is -0.399 e. The first kappa shape index (κ1) is 62.3. The van der Waals surface area contributed by atoms with Crippen molar-refractivity contribution in [1.82, 2.24) is 49.8 Å². The SMILES string of the molecule is Brc1cc(-c2ccccn2)nc(-c2ccccn2)c1.CC1(C)OB(c2cccc3sc4ccc(-c5ccc6ccc7cccnc7c6n5)cc4c23)OC1(C)C.[2HH].c1ccc(-c2cc(-c3cccc4sc5ccc(-c6ccc7ccc8cccnc8c7n6)cc5c34)cc(-c3ccccn3)n2)nc1. The van der Waals surface area contributed by atoms with Gasteiger partial charge in [-0.1, -0.05) is 125 Å². The Morgan fingerprint density at radius 3 is 1.19 bits per heavy atom. The van der Waals surface area contributed by atoms with Crippen LogP contribution in [0.1, 0.15) is 29.1 Å². The molecule has 1 aliphatic heterocycles. The predicted octanol–water partition coefficient (Wildman–Crippen LogP) is 21.3. The van der Waals surface area contributed by atoms with E-state index < -0.39 is 7.12 Å². The van der Waals surface area contributed by atoms with Crippen molar-refractivity contribution in [3.63, 3.8) is 0 Å². The lowest BCUT2D eigenvalue weighted by Crippen LogP contribution is -2.41. The van der Waals surface area contributed by atoms with Crippen LogP contribution >= 0.6 is 38.6 Å². The van der Waals surface area contributed by atoms with Crippen LogP contribution in [0.3, 0.4) is 0 Å². The third kappa shape index (κ3) is 11.9. The van der Waals surface area contributed by atoms with Gasteiger partial charge in [-0.2, -0.15) is 0 Å². The van der Waals surface area contributed by atoms with Crippen LogP contribution in [0.15, 0.2) is 284 Å². The average Bonchev–Trinajstić information content (AvgIpc) is 1.62. The normalized spacial score (nSPS) is 13.3. The van der Waals surface area contributed by atoms with Crippen molar-refractivity contribution in [3.05, 3.63) is 284 Å². The van der Waals surface area contributed by atoms with Gasteiger partial charge in [0.2, 0.25) is 0 Å². The number of halogens is 1. The van der Waals surface area contributed by atoms with E-state index in [2.05, 4.69) is 224 Å². The van der Waals surface area contributed by atoms with E-state index in [-0.39, 0.29) is 12.6 Å². The monoisotopic (exact) mass is 1400 g/mol. The van der Waals surface area contributed by atoms with E-state index in [1.165, 1.54) is 40.3 Å². The van der Waals surface area contributed by atoms with Gasteiger partial charge in [0.15, 0.2) is 0 Å². The highest BCUT2D eigenvalue weighted by molar-refractivity contribution is 9.10. The number of hydrogen-bond donors (Lipinski definition) is 0. The summed E-state index contributed by atoms with van der Waals surface area (Å²) in [6, 6.07) is 82.8. The largest absolute Gasteiger partial charge is 0.495 e. The van der Waals surface area contributed by atoms with Crippen molar-refractivity contribution in [2.45, 2.75) is 38.9 Å². The molecule has 100 heavy (non-hydrogen) atoms. The number of thiophene rings is 2. The van der Waals surface area contributed by atoms with Crippen molar-refractivity contribution < 1.29 is 10.7 Å². The summed E-state index contributed by atoms with van der Waals surface area (Å²) in [6.07, 6.45) is 10.8. The van der Waals surface area contributed by atoms with Crippen LogP contribution in [-0.4, -0.2) is 68.2 Å². The molecular formula is C84H60BBrN10O2S2. The Morgan fingerprint density at radius 2 is 0.730 bits per heavy atom. The highest BCUT2D eigenvalue weighted by atomic mass is 79.9. The molecule has 0 radical (unpaired) electrons.